The molecule has 0 heterocycles. The van der Waals surface area contributed by atoms with E-state index in [2.05, 4.69) is 39.8 Å². The van der Waals surface area contributed by atoms with Gasteiger partial charge < -0.3 is 9.47 Å². The molecule has 26 heavy (non-hydrogen) atoms. The molecule has 0 saturated heterocycles. The molecule has 0 radical (unpaired) electrons. The summed E-state index contributed by atoms with van der Waals surface area (Å²) in [5.74, 6) is 2.17. The number of ether oxygens (including phenoxy) is 2. The van der Waals surface area contributed by atoms with E-state index in [1.807, 2.05) is 39.8 Å². The van der Waals surface area contributed by atoms with Crippen LogP contribution in [0.3, 0.4) is 0 Å². The van der Waals surface area contributed by atoms with Crippen molar-refractivity contribution in [2.24, 2.45) is 11.8 Å². The van der Waals surface area contributed by atoms with E-state index in [0.29, 0.717) is 29.9 Å². The second-order valence-corrected chi connectivity index (χ2v) is 9.24. The Kier molecular flexibility index (Phi) is 7.73. The van der Waals surface area contributed by atoms with Gasteiger partial charge in [0, 0.05) is 0 Å². The van der Waals surface area contributed by atoms with E-state index < -0.39 is 11.2 Å². The predicted molar refractivity (Wildman–Crippen MR) is 109 cm³/mol. The van der Waals surface area contributed by atoms with Gasteiger partial charge in [0.1, 0.15) is 11.4 Å². The van der Waals surface area contributed by atoms with Crippen molar-refractivity contribution < 1.29 is 14.3 Å². The van der Waals surface area contributed by atoms with Crippen LogP contribution in [0.25, 0.3) is 0 Å². The fraction of sp³-hybridized carbons (Fsp3) is 0.696. The Morgan fingerprint density at radius 2 is 1.54 bits per heavy atom. The number of esters is 1. The molecule has 3 nitrogen and oxygen atoms in total. The van der Waals surface area contributed by atoms with Crippen LogP contribution < -0.4 is 4.74 Å². The topological polar surface area (TPSA) is 35.5 Å². The minimum Gasteiger partial charge on any atom is -0.476 e. The van der Waals surface area contributed by atoms with Crippen LogP contribution in [0.4, 0.5) is 0 Å². The van der Waals surface area contributed by atoms with Gasteiger partial charge in [0.15, 0.2) is 0 Å². The maximum absolute atomic E-state index is 12.6. The molecule has 0 bridgehead atoms. The van der Waals surface area contributed by atoms with Crippen molar-refractivity contribution in [3.05, 3.63) is 29.8 Å². The van der Waals surface area contributed by atoms with Gasteiger partial charge in [0.2, 0.25) is 5.60 Å². The third-order valence-corrected chi connectivity index (χ3v) is 4.69. The molecule has 0 saturated carbocycles. The summed E-state index contributed by atoms with van der Waals surface area (Å²) in [5.41, 5.74) is -0.178. The maximum Gasteiger partial charge on any atom is 0.350 e. The molecule has 2 atom stereocenters. The lowest BCUT2D eigenvalue weighted by molar-refractivity contribution is -0.172. The second kappa shape index (κ2) is 8.92. The highest BCUT2D eigenvalue weighted by molar-refractivity contribution is 5.79. The van der Waals surface area contributed by atoms with Crippen LogP contribution in [0.5, 0.6) is 5.75 Å². The van der Waals surface area contributed by atoms with Crippen LogP contribution in [0, 0.1) is 11.8 Å². The molecule has 0 aliphatic rings. The molecule has 3 heteroatoms. The number of carbonyl (C=O) groups excluding carboxylic acids is 1. The van der Waals surface area contributed by atoms with Crippen molar-refractivity contribution in [3.8, 4) is 5.75 Å². The van der Waals surface area contributed by atoms with E-state index in [9.17, 15) is 4.79 Å². The first kappa shape index (κ1) is 22.5. The molecule has 1 rings (SSSR count). The highest BCUT2D eigenvalue weighted by atomic mass is 16.6. The summed E-state index contributed by atoms with van der Waals surface area (Å²) in [6.45, 7) is 18.4. The molecule has 0 spiro atoms. The van der Waals surface area contributed by atoms with Gasteiger partial charge in [0.25, 0.3) is 0 Å². The summed E-state index contributed by atoms with van der Waals surface area (Å²) < 4.78 is 11.6. The van der Waals surface area contributed by atoms with Gasteiger partial charge in [-0.25, -0.2) is 4.79 Å². The molecule has 0 fully saturated rings. The molecule has 0 aliphatic heterocycles. The molecule has 1 aromatic carbocycles. The largest absolute Gasteiger partial charge is 0.476 e. The Labute approximate surface area is 160 Å². The lowest BCUT2D eigenvalue weighted by atomic mass is 9.82. The summed E-state index contributed by atoms with van der Waals surface area (Å²) in [6, 6.07) is 8.22. The first-order valence-electron chi connectivity index (χ1n) is 9.90. The molecular weight excluding hydrogens is 324 g/mol. The Hall–Kier alpha value is -1.51. The van der Waals surface area contributed by atoms with Gasteiger partial charge in [0.05, 0.1) is 0 Å². The summed E-state index contributed by atoms with van der Waals surface area (Å²) in [7, 11) is 0. The summed E-state index contributed by atoms with van der Waals surface area (Å²) in [6.07, 6.45) is 1.72. The van der Waals surface area contributed by atoms with E-state index in [4.69, 9.17) is 9.47 Å². The Balaban J connectivity index is 2.94. The third kappa shape index (κ3) is 6.66. The number of carbonyl (C=O) groups is 1. The third-order valence-electron chi connectivity index (χ3n) is 4.69. The highest BCUT2D eigenvalue weighted by Crippen LogP contribution is 2.33. The Morgan fingerprint density at radius 1 is 1.00 bits per heavy atom. The molecule has 2 unspecified atom stereocenters. The van der Waals surface area contributed by atoms with Gasteiger partial charge in [-0.1, -0.05) is 46.8 Å². The van der Waals surface area contributed by atoms with E-state index in [0.717, 1.165) is 0 Å². The van der Waals surface area contributed by atoms with E-state index in [-0.39, 0.29) is 5.97 Å². The number of hydrogen-bond donors (Lipinski definition) is 0. The van der Waals surface area contributed by atoms with E-state index in [1.54, 1.807) is 6.92 Å². The van der Waals surface area contributed by atoms with Gasteiger partial charge in [-0.2, -0.15) is 0 Å². The van der Waals surface area contributed by atoms with Gasteiger partial charge in [-0.05, 0) is 76.0 Å². The van der Waals surface area contributed by atoms with E-state index in [1.165, 1.54) is 12.0 Å². The van der Waals surface area contributed by atoms with Crippen LogP contribution in [0.2, 0.25) is 0 Å². The Morgan fingerprint density at radius 3 is 1.92 bits per heavy atom. The molecule has 0 N–H and O–H groups in total. The van der Waals surface area contributed by atoms with Crippen LogP contribution in [0.1, 0.15) is 86.6 Å². The SMILES string of the molecule is CCC(C)(Oc1ccc(C(CC(C)C)C(C)C)cc1)C(=O)OC(C)(C)C. The summed E-state index contributed by atoms with van der Waals surface area (Å²) in [5, 5.41) is 0. The van der Waals surface area contributed by atoms with Crippen LogP contribution in [0.15, 0.2) is 24.3 Å². The van der Waals surface area contributed by atoms with Crippen molar-refractivity contribution >= 4 is 5.97 Å². The fourth-order valence-corrected chi connectivity index (χ4v) is 2.99. The highest BCUT2D eigenvalue weighted by Gasteiger charge is 2.38. The van der Waals surface area contributed by atoms with Gasteiger partial charge in [-0.3, -0.25) is 0 Å². The van der Waals surface area contributed by atoms with Gasteiger partial charge >= 0.3 is 5.97 Å². The molecular formula is C23H38O3. The van der Waals surface area contributed by atoms with Crippen LogP contribution in [-0.2, 0) is 9.53 Å². The molecule has 0 aromatic heterocycles. The van der Waals surface area contributed by atoms with Crippen LogP contribution >= 0.6 is 0 Å². The minimum atomic E-state index is -0.982. The fourth-order valence-electron chi connectivity index (χ4n) is 2.99. The quantitative estimate of drug-likeness (QED) is 0.505. The monoisotopic (exact) mass is 362 g/mol. The van der Waals surface area contributed by atoms with E-state index >= 15 is 0 Å². The lowest BCUT2D eigenvalue weighted by Crippen LogP contribution is -2.45. The first-order valence-corrected chi connectivity index (χ1v) is 9.90. The van der Waals surface area contributed by atoms with Crippen LogP contribution in [-0.4, -0.2) is 17.2 Å². The molecule has 148 valence electrons. The van der Waals surface area contributed by atoms with Crippen molar-refractivity contribution in [2.75, 3.05) is 0 Å². The average Bonchev–Trinajstić information content (AvgIpc) is 2.51. The molecule has 0 aliphatic carbocycles. The molecule has 1 aromatic rings. The normalized spacial score (nSPS) is 15.7. The van der Waals surface area contributed by atoms with Crippen molar-refractivity contribution in [2.45, 2.75) is 92.3 Å². The second-order valence-electron chi connectivity index (χ2n) is 9.24. The lowest BCUT2D eigenvalue weighted by Gasteiger charge is -2.31. The van der Waals surface area contributed by atoms with Crippen molar-refractivity contribution in [1.29, 1.82) is 0 Å². The van der Waals surface area contributed by atoms with Crippen molar-refractivity contribution in [1.82, 2.24) is 0 Å². The maximum atomic E-state index is 12.6. The summed E-state index contributed by atoms with van der Waals surface area (Å²) in [4.78, 5) is 12.6. The molecule has 0 amide bonds. The van der Waals surface area contributed by atoms with Gasteiger partial charge in [-0.15, -0.1) is 0 Å². The number of benzene rings is 1. The Bertz CT molecular complexity index is 566. The summed E-state index contributed by atoms with van der Waals surface area (Å²) >= 11 is 0. The zero-order chi connectivity index (χ0) is 20.1. The first-order chi connectivity index (χ1) is 11.9. The smallest absolute Gasteiger partial charge is 0.350 e. The zero-order valence-electron chi connectivity index (χ0n) is 18.2. The van der Waals surface area contributed by atoms with Crippen molar-refractivity contribution in [3.63, 3.8) is 0 Å². The predicted octanol–water partition coefficient (Wildman–Crippen LogP) is 6.36. The zero-order valence-corrected chi connectivity index (χ0v) is 18.2. The minimum absolute atomic E-state index is 0.323. The average molecular weight is 363 g/mol. The standard InChI is InChI=1S/C23H38O3/c1-10-23(9,21(24)26-22(6,7)8)25-19-13-11-18(12-14-19)20(17(4)5)15-16(2)3/h11-14,16-17,20H,10,15H2,1-9H3. The number of hydrogen-bond acceptors (Lipinski definition) is 3. The number of rotatable bonds is 8.